The van der Waals surface area contributed by atoms with E-state index in [4.69, 9.17) is 10.5 Å². The van der Waals surface area contributed by atoms with Crippen LogP contribution in [0.1, 0.15) is 63.1 Å². The van der Waals surface area contributed by atoms with Crippen LogP contribution in [-0.4, -0.2) is 19.1 Å². The first-order chi connectivity index (χ1) is 13.5. The standard InChI is InChI=1S/C24H34N2O2/c1-18(2)17-28-22-14-12-21(13-15-22)23(11-7-8-16-25)26-24(27)19(3)20-9-5-4-6-10-20/h4-6,9-10,12-15,18-19,23H,7-8,11,16-17,25H2,1-3H3,(H,26,27)/t19-,23-/m0/s1. The Morgan fingerprint density at radius 1 is 0.964 bits per heavy atom. The molecule has 0 saturated carbocycles. The van der Waals surface area contributed by atoms with Crippen LogP contribution < -0.4 is 15.8 Å². The number of rotatable bonds is 11. The second-order valence-electron chi connectivity index (χ2n) is 7.75. The maximum atomic E-state index is 12.8. The molecule has 3 N–H and O–H groups in total. The Balaban J connectivity index is 2.07. The van der Waals surface area contributed by atoms with Crippen LogP contribution >= 0.6 is 0 Å². The average Bonchev–Trinajstić information content (AvgIpc) is 2.72. The van der Waals surface area contributed by atoms with E-state index < -0.39 is 0 Å². The third-order valence-electron chi connectivity index (χ3n) is 4.82. The molecule has 0 aliphatic rings. The van der Waals surface area contributed by atoms with Gasteiger partial charge in [0.25, 0.3) is 0 Å². The summed E-state index contributed by atoms with van der Waals surface area (Å²) in [6, 6.07) is 17.9. The molecule has 1 amide bonds. The summed E-state index contributed by atoms with van der Waals surface area (Å²) in [7, 11) is 0. The normalized spacial score (nSPS) is 13.2. The van der Waals surface area contributed by atoms with Crippen molar-refractivity contribution >= 4 is 5.91 Å². The molecule has 0 unspecified atom stereocenters. The van der Waals surface area contributed by atoms with Gasteiger partial charge in [0.15, 0.2) is 0 Å². The lowest BCUT2D eigenvalue weighted by molar-refractivity contribution is -0.123. The number of nitrogens with one attached hydrogen (secondary N) is 1. The van der Waals surface area contributed by atoms with Crippen LogP contribution in [0.5, 0.6) is 5.75 Å². The van der Waals surface area contributed by atoms with Crippen molar-refractivity contribution in [3.63, 3.8) is 0 Å². The summed E-state index contributed by atoms with van der Waals surface area (Å²) in [4.78, 5) is 12.8. The maximum absolute atomic E-state index is 12.8. The fourth-order valence-electron chi connectivity index (χ4n) is 3.06. The van der Waals surface area contributed by atoms with Gasteiger partial charge in [0.05, 0.1) is 18.6 Å². The minimum Gasteiger partial charge on any atom is -0.493 e. The topological polar surface area (TPSA) is 64.3 Å². The van der Waals surface area contributed by atoms with E-state index in [1.54, 1.807) is 0 Å². The van der Waals surface area contributed by atoms with Crippen molar-refractivity contribution in [1.82, 2.24) is 5.32 Å². The zero-order chi connectivity index (χ0) is 20.4. The Bertz CT molecular complexity index is 698. The Labute approximate surface area is 169 Å². The van der Waals surface area contributed by atoms with Crippen LogP contribution in [0, 0.1) is 5.92 Å². The molecule has 0 fully saturated rings. The molecule has 4 nitrogen and oxygen atoms in total. The summed E-state index contributed by atoms with van der Waals surface area (Å²) in [5, 5.41) is 3.24. The number of carbonyl (C=O) groups is 1. The van der Waals surface area contributed by atoms with E-state index in [1.807, 2.05) is 49.4 Å². The van der Waals surface area contributed by atoms with Gasteiger partial charge < -0.3 is 15.8 Å². The molecule has 0 radical (unpaired) electrons. The van der Waals surface area contributed by atoms with Gasteiger partial charge in [0.1, 0.15) is 5.75 Å². The lowest BCUT2D eigenvalue weighted by atomic mass is 9.97. The number of hydrogen-bond donors (Lipinski definition) is 2. The molecule has 0 aliphatic carbocycles. The molecule has 28 heavy (non-hydrogen) atoms. The van der Waals surface area contributed by atoms with Gasteiger partial charge in [-0.1, -0.05) is 56.3 Å². The molecule has 0 spiro atoms. The molecule has 0 aromatic heterocycles. The average molecular weight is 383 g/mol. The van der Waals surface area contributed by atoms with Crippen molar-refractivity contribution in [3.05, 3.63) is 65.7 Å². The highest BCUT2D eigenvalue weighted by atomic mass is 16.5. The Hall–Kier alpha value is -2.33. The van der Waals surface area contributed by atoms with Gasteiger partial charge in [-0.25, -0.2) is 0 Å². The smallest absolute Gasteiger partial charge is 0.227 e. The van der Waals surface area contributed by atoms with Gasteiger partial charge in [0.2, 0.25) is 5.91 Å². The SMILES string of the molecule is CC(C)COc1ccc([C@H](CCCCN)NC(=O)[C@@H](C)c2ccccc2)cc1. The Kier molecular flexibility index (Phi) is 9.02. The summed E-state index contributed by atoms with van der Waals surface area (Å²) < 4.78 is 5.77. The van der Waals surface area contributed by atoms with Gasteiger partial charge in [0, 0.05) is 0 Å². The molecule has 0 bridgehead atoms. The molecular formula is C24H34N2O2. The van der Waals surface area contributed by atoms with Crippen molar-refractivity contribution in [3.8, 4) is 5.75 Å². The van der Waals surface area contributed by atoms with Crippen molar-refractivity contribution in [2.24, 2.45) is 11.7 Å². The molecule has 2 atom stereocenters. The van der Waals surface area contributed by atoms with E-state index in [9.17, 15) is 4.79 Å². The first-order valence-electron chi connectivity index (χ1n) is 10.3. The number of hydrogen-bond acceptors (Lipinski definition) is 3. The predicted octanol–water partition coefficient (Wildman–Crippen LogP) is 4.81. The maximum Gasteiger partial charge on any atom is 0.227 e. The number of benzene rings is 2. The third kappa shape index (κ3) is 7.01. The highest BCUT2D eigenvalue weighted by molar-refractivity contribution is 5.83. The number of nitrogens with two attached hydrogens (primary N) is 1. The van der Waals surface area contributed by atoms with E-state index in [0.717, 1.165) is 36.1 Å². The van der Waals surface area contributed by atoms with E-state index in [0.29, 0.717) is 19.1 Å². The fraction of sp³-hybridized carbons (Fsp3) is 0.458. The van der Waals surface area contributed by atoms with E-state index in [2.05, 4.69) is 31.3 Å². The number of unbranched alkanes of at least 4 members (excludes halogenated alkanes) is 1. The minimum atomic E-state index is -0.188. The summed E-state index contributed by atoms with van der Waals surface area (Å²) >= 11 is 0. The molecule has 0 heterocycles. The summed E-state index contributed by atoms with van der Waals surface area (Å²) in [5.74, 6) is 1.21. The summed E-state index contributed by atoms with van der Waals surface area (Å²) in [6.45, 7) is 7.58. The van der Waals surface area contributed by atoms with Crippen LogP contribution in [0.25, 0.3) is 0 Å². The fourth-order valence-corrected chi connectivity index (χ4v) is 3.06. The van der Waals surface area contributed by atoms with E-state index in [-0.39, 0.29) is 17.9 Å². The Morgan fingerprint density at radius 3 is 2.25 bits per heavy atom. The second-order valence-corrected chi connectivity index (χ2v) is 7.75. The molecule has 0 aliphatic heterocycles. The van der Waals surface area contributed by atoms with Crippen LogP contribution in [0.2, 0.25) is 0 Å². The van der Waals surface area contributed by atoms with Crippen LogP contribution in [0.15, 0.2) is 54.6 Å². The van der Waals surface area contributed by atoms with Crippen molar-refractivity contribution in [1.29, 1.82) is 0 Å². The quantitative estimate of drug-likeness (QED) is 0.548. The number of amides is 1. The van der Waals surface area contributed by atoms with E-state index >= 15 is 0 Å². The van der Waals surface area contributed by atoms with Crippen molar-refractivity contribution in [2.45, 2.75) is 52.0 Å². The highest BCUT2D eigenvalue weighted by Crippen LogP contribution is 2.24. The summed E-state index contributed by atoms with van der Waals surface area (Å²) in [6.07, 6.45) is 2.81. The van der Waals surface area contributed by atoms with Gasteiger partial charge in [-0.2, -0.15) is 0 Å². The van der Waals surface area contributed by atoms with Gasteiger partial charge in [-0.3, -0.25) is 4.79 Å². The van der Waals surface area contributed by atoms with Gasteiger partial charge in [-0.05, 0) is 61.9 Å². The zero-order valence-electron chi connectivity index (χ0n) is 17.4. The lowest BCUT2D eigenvalue weighted by Gasteiger charge is -2.22. The zero-order valence-corrected chi connectivity index (χ0v) is 17.4. The van der Waals surface area contributed by atoms with Crippen molar-refractivity contribution < 1.29 is 9.53 Å². The van der Waals surface area contributed by atoms with Crippen LogP contribution in [0.4, 0.5) is 0 Å². The minimum absolute atomic E-state index is 0.0237. The monoisotopic (exact) mass is 382 g/mol. The van der Waals surface area contributed by atoms with Crippen LogP contribution in [-0.2, 0) is 4.79 Å². The van der Waals surface area contributed by atoms with Crippen molar-refractivity contribution in [2.75, 3.05) is 13.2 Å². The van der Waals surface area contributed by atoms with E-state index in [1.165, 1.54) is 0 Å². The highest BCUT2D eigenvalue weighted by Gasteiger charge is 2.20. The first kappa shape index (κ1) is 22.0. The molecular weight excluding hydrogens is 348 g/mol. The lowest BCUT2D eigenvalue weighted by Crippen LogP contribution is -2.32. The third-order valence-corrected chi connectivity index (χ3v) is 4.82. The molecule has 0 saturated heterocycles. The number of carbonyl (C=O) groups excluding carboxylic acids is 1. The predicted molar refractivity (Wildman–Crippen MR) is 115 cm³/mol. The molecule has 4 heteroatoms. The summed E-state index contributed by atoms with van der Waals surface area (Å²) in [5.41, 5.74) is 7.78. The molecule has 2 aromatic carbocycles. The van der Waals surface area contributed by atoms with Crippen LogP contribution in [0.3, 0.4) is 0 Å². The molecule has 2 rings (SSSR count). The Morgan fingerprint density at radius 2 is 1.64 bits per heavy atom. The van der Waals surface area contributed by atoms with Gasteiger partial charge in [-0.15, -0.1) is 0 Å². The first-order valence-corrected chi connectivity index (χ1v) is 10.3. The number of ether oxygens (including phenoxy) is 1. The largest absolute Gasteiger partial charge is 0.493 e. The van der Waals surface area contributed by atoms with Gasteiger partial charge >= 0.3 is 0 Å². The second kappa shape index (κ2) is 11.5. The molecule has 2 aromatic rings. The molecule has 152 valence electrons.